The average molecular weight is 519 g/mol. The third-order valence-corrected chi connectivity index (χ3v) is 7.35. The Morgan fingerprint density at radius 1 is 1.08 bits per heavy atom. The summed E-state index contributed by atoms with van der Waals surface area (Å²) in [6, 6.07) is 10.8. The molecule has 1 heterocycles. The monoisotopic (exact) mass is 518 g/mol. The molecule has 1 N–H and O–H groups in total. The largest absolute Gasteiger partial charge is 0.497 e. The summed E-state index contributed by atoms with van der Waals surface area (Å²) in [6.45, 7) is 6.31. The number of hydrogen-bond acceptors (Lipinski definition) is 9. The van der Waals surface area contributed by atoms with Crippen molar-refractivity contribution in [3.05, 3.63) is 53.6 Å². The van der Waals surface area contributed by atoms with Crippen molar-refractivity contribution in [3.8, 4) is 5.75 Å². The lowest BCUT2D eigenvalue weighted by molar-refractivity contribution is -0.146. The first-order valence-electron chi connectivity index (χ1n) is 11.7. The summed E-state index contributed by atoms with van der Waals surface area (Å²) in [6.07, 6.45) is 1.51. The van der Waals surface area contributed by atoms with Gasteiger partial charge in [-0.1, -0.05) is 12.1 Å². The van der Waals surface area contributed by atoms with Crippen LogP contribution in [0, 0.1) is 0 Å². The number of likely N-dealkylation sites (tertiary alicyclic amines) is 1. The van der Waals surface area contributed by atoms with Crippen molar-refractivity contribution in [2.45, 2.75) is 56.7 Å². The van der Waals surface area contributed by atoms with Crippen molar-refractivity contribution in [2.75, 3.05) is 32.0 Å². The Hall–Kier alpha value is -3.11. The molecule has 196 valence electrons. The number of ether oxygens (including phenoxy) is 3. The lowest BCUT2D eigenvalue weighted by Gasteiger charge is -2.25. The van der Waals surface area contributed by atoms with E-state index in [1.54, 1.807) is 45.0 Å². The molecule has 0 saturated carbocycles. The quantitative estimate of drug-likeness (QED) is 0.497. The maximum absolute atomic E-state index is 13.1. The molecule has 0 aromatic heterocycles. The summed E-state index contributed by atoms with van der Waals surface area (Å²) in [7, 11) is -0.874. The van der Waals surface area contributed by atoms with Crippen LogP contribution >= 0.6 is 0 Å². The highest BCUT2D eigenvalue weighted by molar-refractivity contribution is 7.91. The van der Waals surface area contributed by atoms with Crippen LogP contribution in [-0.4, -0.2) is 63.5 Å². The summed E-state index contributed by atoms with van der Waals surface area (Å²) in [5, 5.41) is 2.99. The summed E-state index contributed by atoms with van der Waals surface area (Å²) in [5.74, 6) is -0.774. The fourth-order valence-electron chi connectivity index (χ4n) is 4.11. The van der Waals surface area contributed by atoms with Gasteiger partial charge < -0.3 is 19.5 Å². The van der Waals surface area contributed by atoms with Crippen LogP contribution < -0.4 is 10.1 Å². The van der Waals surface area contributed by atoms with E-state index in [1.165, 1.54) is 26.4 Å². The number of para-hydroxylation sites is 1. The molecule has 3 rings (SSSR count). The van der Waals surface area contributed by atoms with Crippen LogP contribution in [0.5, 0.6) is 5.75 Å². The number of anilines is 1. The predicted molar refractivity (Wildman–Crippen MR) is 136 cm³/mol. The predicted octanol–water partition coefficient (Wildman–Crippen LogP) is 3.63. The highest BCUT2D eigenvalue weighted by Gasteiger charge is 2.32. The topological polar surface area (TPSA) is 111 Å². The van der Waals surface area contributed by atoms with Gasteiger partial charge in [0.05, 0.1) is 30.4 Å². The van der Waals surface area contributed by atoms with Crippen LogP contribution in [0.2, 0.25) is 0 Å². The van der Waals surface area contributed by atoms with E-state index in [2.05, 4.69) is 5.32 Å². The molecule has 36 heavy (non-hydrogen) atoms. The van der Waals surface area contributed by atoms with E-state index in [4.69, 9.17) is 14.2 Å². The van der Waals surface area contributed by atoms with Crippen molar-refractivity contribution in [1.29, 1.82) is 0 Å². The third-order valence-electron chi connectivity index (χ3n) is 5.84. The van der Waals surface area contributed by atoms with Crippen molar-refractivity contribution >= 4 is 27.5 Å². The van der Waals surface area contributed by atoms with Gasteiger partial charge in [0, 0.05) is 6.54 Å². The molecule has 1 saturated heterocycles. The molecule has 1 atom stereocenters. The number of hydrogen-bond donors (Lipinski definition) is 1. The molecule has 1 aliphatic heterocycles. The molecule has 1 fully saturated rings. The standard InChI is InChI=1S/C26H34N2O7S/c1-26(2,3)35-24(29)21-9-6-8-18(16-28-15-7-10-22(28)25(30)34-5)23(21)27-17-36(31,32)20-13-11-19(33-4)12-14-20/h6,8-9,11-14,22,27H,7,10,15-17H2,1-5H3/t22-/m0/s1. The molecular formula is C26H34N2O7S. The molecule has 10 heteroatoms. The minimum atomic E-state index is -3.74. The van der Waals surface area contributed by atoms with Crippen molar-refractivity contribution in [2.24, 2.45) is 0 Å². The van der Waals surface area contributed by atoms with Crippen LogP contribution in [0.1, 0.15) is 49.5 Å². The number of nitrogens with zero attached hydrogens (tertiary/aromatic N) is 1. The molecule has 2 aromatic carbocycles. The van der Waals surface area contributed by atoms with E-state index in [-0.39, 0.29) is 16.4 Å². The fraction of sp³-hybridized carbons (Fsp3) is 0.462. The first-order valence-corrected chi connectivity index (χ1v) is 13.4. The first kappa shape index (κ1) is 27.5. The van der Waals surface area contributed by atoms with Crippen LogP contribution in [0.3, 0.4) is 0 Å². The van der Waals surface area contributed by atoms with Gasteiger partial charge in [-0.25, -0.2) is 13.2 Å². The van der Waals surface area contributed by atoms with E-state index in [9.17, 15) is 18.0 Å². The van der Waals surface area contributed by atoms with Crippen LogP contribution in [-0.2, 0) is 30.7 Å². The second kappa shape index (κ2) is 11.3. The zero-order valence-corrected chi connectivity index (χ0v) is 22.2. The number of carbonyl (C=O) groups excluding carboxylic acids is 2. The van der Waals surface area contributed by atoms with Gasteiger partial charge in [-0.2, -0.15) is 0 Å². The van der Waals surface area contributed by atoms with Crippen molar-refractivity contribution < 1.29 is 32.2 Å². The Labute approximate surface area is 212 Å². The molecule has 1 aliphatic rings. The van der Waals surface area contributed by atoms with Gasteiger partial charge in [0.15, 0.2) is 9.84 Å². The second-order valence-electron chi connectivity index (χ2n) is 9.60. The van der Waals surface area contributed by atoms with Gasteiger partial charge in [-0.15, -0.1) is 0 Å². The zero-order valence-electron chi connectivity index (χ0n) is 21.4. The minimum Gasteiger partial charge on any atom is -0.497 e. The molecule has 0 radical (unpaired) electrons. The van der Waals surface area contributed by atoms with E-state index < -0.39 is 33.3 Å². The smallest absolute Gasteiger partial charge is 0.340 e. The third kappa shape index (κ3) is 6.76. The molecule has 9 nitrogen and oxygen atoms in total. The second-order valence-corrected chi connectivity index (χ2v) is 11.6. The van der Waals surface area contributed by atoms with E-state index in [1.807, 2.05) is 11.0 Å². The van der Waals surface area contributed by atoms with Crippen molar-refractivity contribution in [1.82, 2.24) is 4.90 Å². The van der Waals surface area contributed by atoms with Gasteiger partial charge in [0.2, 0.25) is 0 Å². The van der Waals surface area contributed by atoms with Gasteiger partial charge in [-0.3, -0.25) is 9.69 Å². The fourth-order valence-corrected chi connectivity index (χ4v) is 5.17. The number of benzene rings is 2. The Balaban J connectivity index is 1.94. The van der Waals surface area contributed by atoms with E-state index >= 15 is 0 Å². The Morgan fingerprint density at radius 3 is 2.39 bits per heavy atom. The number of rotatable bonds is 9. The molecule has 0 unspecified atom stereocenters. The normalized spacial score (nSPS) is 16.4. The summed E-state index contributed by atoms with van der Waals surface area (Å²) in [5.41, 5.74) is 0.532. The summed E-state index contributed by atoms with van der Waals surface area (Å²) < 4.78 is 41.8. The minimum absolute atomic E-state index is 0.123. The van der Waals surface area contributed by atoms with E-state index in [0.29, 0.717) is 36.5 Å². The van der Waals surface area contributed by atoms with E-state index in [0.717, 1.165) is 6.42 Å². The number of methoxy groups -OCH3 is 2. The summed E-state index contributed by atoms with van der Waals surface area (Å²) in [4.78, 5) is 27.4. The molecule has 2 aromatic rings. The SMILES string of the molecule is COC(=O)[C@@H]1CCCN1Cc1cccc(C(=O)OC(C)(C)C)c1NCS(=O)(=O)c1ccc(OC)cc1. The maximum atomic E-state index is 13.1. The van der Waals surface area contributed by atoms with Gasteiger partial charge >= 0.3 is 11.9 Å². The average Bonchev–Trinajstić information content (AvgIpc) is 3.29. The highest BCUT2D eigenvalue weighted by Crippen LogP contribution is 2.29. The number of esters is 2. The van der Waals surface area contributed by atoms with Crippen LogP contribution in [0.25, 0.3) is 0 Å². The lowest BCUT2D eigenvalue weighted by atomic mass is 10.1. The molecule has 0 bridgehead atoms. The van der Waals surface area contributed by atoms with Gasteiger partial charge in [-0.05, 0) is 76.1 Å². The molecule has 0 spiro atoms. The highest BCUT2D eigenvalue weighted by atomic mass is 32.2. The number of nitrogens with one attached hydrogen (secondary N) is 1. The Morgan fingerprint density at radius 2 is 1.78 bits per heavy atom. The van der Waals surface area contributed by atoms with Gasteiger partial charge in [0.25, 0.3) is 0 Å². The molecular weight excluding hydrogens is 484 g/mol. The Kier molecular flexibility index (Phi) is 8.63. The van der Waals surface area contributed by atoms with Crippen molar-refractivity contribution in [3.63, 3.8) is 0 Å². The number of sulfone groups is 1. The molecule has 0 aliphatic carbocycles. The van der Waals surface area contributed by atoms with Gasteiger partial charge in [0.1, 0.15) is 23.3 Å². The maximum Gasteiger partial charge on any atom is 0.340 e. The lowest BCUT2D eigenvalue weighted by Crippen LogP contribution is -2.36. The zero-order chi connectivity index (χ0) is 26.5. The summed E-state index contributed by atoms with van der Waals surface area (Å²) >= 11 is 0. The first-order chi connectivity index (χ1) is 16.9. The Bertz CT molecular complexity index is 1190. The molecule has 0 amide bonds. The van der Waals surface area contributed by atoms with Crippen LogP contribution in [0.4, 0.5) is 5.69 Å². The van der Waals surface area contributed by atoms with Crippen LogP contribution in [0.15, 0.2) is 47.4 Å². The number of carbonyl (C=O) groups is 2.